The highest BCUT2D eigenvalue weighted by Crippen LogP contribution is 2.26. The van der Waals surface area contributed by atoms with Gasteiger partial charge < -0.3 is 5.32 Å². The SMILES string of the molecule is CSc1ccccc1NC(=O)c1ccc(N(Cc2ccc(F)cc2)S(C)(=O)=O)cc1. The third-order valence-electron chi connectivity index (χ3n) is 4.41. The Labute approximate surface area is 180 Å². The average molecular weight is 445 g/mol. The largest absolute Gasteiger partial charge is 0.321 e. The molecule has 0 aromatic heterocycles. The van der Waals surface area contributed by atoms with E-state index in [0.29, 0.717) is 22.5 Å². The lowest BCUT2D eigenvalue weighted by atomic mass is 10.1. The Morgan fingerprint density at radius 3 is 2.23 bits per heavy atom. The summed E-state index contributed by atoms with van der Waals surface area (Å²) in [6, 6.07) is 19.5. The van der Waals surface area contributed by atoms with Gasteiger partial charge in [-0.15, -0.1) is 11.8 Å². The summed E-state index contributed by atoms with van der Waals surface area (Å²) in [6.45, 7) is 0.0613. The summed E-state index contributed by atoms with van der Waals surface area (Å²) in [5.74, 6) is -0.671. The van der Waals surface area contributed by atoms with Gasteiger partial charge in [0.1, 0.15) is 5.82 Å². The van der Waals surface area contributed by atoms with Gasteiger partial charge in [0.05, 0.1) is 24.2 Å². The lowest BCUT2D eigenvalue weighted by molar-refractivity contribution is 0.102. The van der Waals surface area contributed by atoms with Crippen LogP contribution in [0.5, 0.6) is 0 Å². The number of carbonyl (C=O) groups is 1. The van der Waals surface area contributed by atoms with E-state index in [1.165, 1.54) is 28.2 Å². The lowest BCUT2D eigenvalue weighted by Crippen LogP contribution is -2.29. The van der Waals surface area contributed by atoms with Crippen LogP contribution in [0.2, 0.25) is 0 Å². The van der Waals surface area contributed by atoms with Crippen LogP contribution < -0.4 is 9.62 Å². The summed E-state index contributed by atoms with van der Waals surface area (Å²) in [7, 11) is -3.58. The van der Waals surface area contributed by atoms with E-state index in [-0.39, 0.29) is 18.3 Å². The topological polar surface area (TPSA) is 66.5 Å². The fourth-order valence-electron chi connectivity index (χ4n) is 2.88. The van der Waals surface area contributed by atoms with E-state index in [0.717, 1.165) is 11.2 Å². The van der Waals surface area contributed by atoms with Crippen LogP contribution in [0.25, 0.3) is 0 Å². The van der Waals surface area contributed by atoms with Crippen LogP contribution in [0.4, 0.5) is 15.8 Å². The first-order valence-electron chi connectivity index (χ1n) is 9.04. The van der Waals surface area contributed by atoms with Gasteiger partial charge in [-0.1, -0.05) is 24.3 Å². The number of carbonyl (C=O) groups excluding carboxylic acids is 1. The fraction of sp³-hybridized carbons (Fsp3) is 0.136. The second-order valence-electron chi connectivity index (χ2n) is 6.60. The van der Waals surface area contributed by atoms with Crippen LogP contribution in [0.15, 0.2) is 77.7 Å². The summed E-state index contributed by atoms with van der Waals surface area (Å²) in [4.78, 5) is 13.5. The second kappa shape index (κ2) is 9.32. The second-order valence-corrected chi connectivity index (χ2v) is 9.35. The van der Waals surface area contributed by atoms with Gasteiger partial charge in [0.2, 0.25) is 10.0 Å². The monoisotopic (exact) mass is 444 g/mol. The molecule has 1 amide bonds. The number of hydrogen-bond acceptors (Lipinski definition) is 4. The molecular formula is C22H21FN2O3S2. The molecule has 156 valence electrons. The zero-order valence-electron chi connectivity index (χ0n) is 16.5. The van der Waals surface area contributed by atoms with E-state index in [9.17, 15) is 17.6 Å². The molecular weight excluding hydrogens is 423 g/mol. The molecule has 0 bridgehead atoms. The number of halogens is 1. The number of rotatable bonds is 7. The van der Waals surface area contributed by atoms with Gasteiger partial charge >= 0.3 is 0 Å². The summed E-state index contributed by atoms with van der Waals surface area (Å²) < 4.78 is 39.0. The maximum Gasteiger partial charge on any atom is 0.255 e. The van der Waals surface area contributed by atoms with Gasteiger partial charge in [-0.05, 0) is 60.4 Å². The highest BCUT2D eigenvalue weighted by molar-refractivity contribution is 7.98. The van der Waals surface area contributed by atoms with Gasteiger partial charge in [-0.3, -0.25) is 9.10 Å². The van der Waals surface area contributed by atoms with Crippen molar-refractivity contribution in [3.8, 4) is 0 Å². The first kappa shape index (κ1) is 21.9. The Kier molecular flexibility index (Phi) is 6.79. The highest BCUT2D eigenvalue weighted by atomic mass is 32.2. The molecule has 0 saturated heterocycles. The summed E-state index contributed by atoms with van der Waals surface area (Å²) >= 11 is 1.53. The molecule has 0 aliphatic rings. The minimum Gasteiger partial charge on any atom is -0.321 e. The molecule has 0 saturated carbocycles. The van der Waals surface area contributed by atoms with Crippen molar-refractivity contribution in [2.75, 3.05) is 22.1 Å². The number of para-hydroxylation sites is 1. The van der Waals surface area contributed by atoms with Crippen molar-refractivity contribution in [1.82, 2.24) is 0 Å². The number of nitrogens with one attached hydrogen (secondary N) is 1. The molecule has 0 radical (unpaired) electrons. The third-order valence-corrected chi connectivity index (χ3v) is 6.35. The third kappa shape index (κ3) is 5.40. The summed E-state index contributed by atoms with van der Waals surface area (Å²) in [5.41, 5.74) is 2.19. The van der Waals surface area contributed by atoms with E-state index in [1.54, 1.807) is 36.4 Å². The Balaban J connectivity index is 1.81. The van der Waals surface area contributed by atoms with E-state index >= 15 is 0 Å². The molecule has 0 aliphatic carbocycles. The Bertz CT molecular complexity index is 1130. The Hall–Kier alpha value is -2.84. The van der Waals surface area contributed by atoms with Gasteiger partial charge in [0, 0.05) is 10.5 Å². The maximum absolute atomic E-state index is 13.1. The number of hydrogen-bond donors (Lipinski definition) is 1. The molecule has 0 atom stereocenters. The quantitative estimate of drug-likeness (QED) is 0.533. The number of amides is 1. The minimum absolute atomic E-state index is 0.0613. The van der Waals surface area contributed by atoms with Crippen molar-refractivity contribution in [3.05, 3.63) is 89.7 Å². The smallest absolute Gasteiger partial charge is 0.255 e. The molecule has 0 unspecified atom stereocenters. The summed E-state index contributed by atoms with van der Waals surface area (Å²) in [6.07, 6.45) is 3.04. The average Bonchev–Trinajstić information content (AvgIpc) is 2.73. The highest BCUT2D eigenvalue weighted by Gasteiger charge is 2.19. The zero-order chi connectivity index (χ0) is 21.7. The van der Waals surface area contributed by atoms with Gasteiger partial charge in [-0.25, -0.2) is 12.8 Å². The maximum atomic E-state index is 13.1. The molecule has 30 heavy (non-hydrogen) atoms. The van der Waals surface area contributed by atoms with Crippen LogP contribution in [0.3, 0.4) is 0 Å². The predicted molar refractivity (Wildman–Crippen MR) is 120 cm³/mol. The fourth-order valence-corrected chi connectivity index (χ4v) is 4.32. The Morgan fingerprint density at radius 1 is 1.00 bits per heavy atom. The van der Waals surface area contributed by atoms with Crippen LogP contribution in [0, 0.1) is 5.82 Å². The molecule has 0 spiro atoms. The van der Waals surface area contributed by atoms with Crippen LogP contribution in [-0.4, -0.2) is 26.8 Å². The van der Waals surface area contributed by atoms with Crippen LogP contribution in [-0.2, 0) is 16.6 Å². The number of nitrogens with zero attached hydrogens (tertiary/aromatic N) is 1. The van der Waals surface area contributed by atoms with Crippen molar-refractivity contribution in [1.29, 1.82) is 0 Å². The Morgan fingerprint density at radius 2 is 1.63 bits per heavy atom. The van der Waals surface area contributed by atoms with Gasteiger partial charge in [-0.2, -0.15) is 0 Å². The van der Waals surface area contributed by atoms with Crippen molar-refractivity contribution < 1.29 is 17.6 Å². The van der Waals surface area contributed by atoms with E-state index in [1.807, 2.05) is 30.5 Å². The molecule has 0 aliphatic heterocycles. The predicted octanol–water partition coefficient (Wildman–Crippen LogP) is 4.77. The molecule has 3 aromatic rings. The molecule has 3 rings (SSSR count). The van der Waals surface area contributed by atoms with Crippen molar-refractivity contribution >= 4 is 39.1 Å². The van der Waals surface area contributed by atoms with E-state index in [4.69, 9.17) is 0 Å². The molecule has 0 heterocycles. The number of anilines is 2. The van der Waals surface area contributed by atoms with Crippen molar-refractivity contribution in [2.24, 2.45) is 0 Å². The van der Waals surface area contributed by atoms with Crippen molar-refractivity contribution in [2.45, 2.75) is 11.4 Å². The minimum atomic E-state index is -3.58. The van der Waals surface area contributed by atoms with Crippen LogP contribution in [0.1, 0.15) is 15.9 Å². The number of thioether (sulfide) groups is 1. The lowest BCUT2D eigenvalue weighted by Gasteiger charge is -2.22. The molecule has 3 aromatic carbocycles. The normalized spacial score (nSPS) is 11.2. The molecule has 5 nitrogen and oxygen atoms in total. The van der Waals surface area contributed by atoms with Crippen molar-refractivity contribution in [3.63, 3.8) is 0 Å². The zero-order valence-corrected chi connectivity index (χ0v) is 18.1. The van der Waals surface area contributed by atoms with Gasteiger partial charge in [0.15, 0.2) is 0 Å². The summed E-state index contributed by atoms with van der Waals surface area (Å²) in [5, 5.41) is 2.87. The van der Waals surface area contributed by atoms with E-state index < -0.39 is 10.0 Å². The molecule has 8 heteroatoms. The van der Waals surface area contributed by atoms with E-state index in [2.05, 4.69) is 5.32 Å². The standard InChI is InChI=1S/C22H21FN2O3S2/c1-29-21-6-4-3-5-20(21)24-22(26)17-9-13-19(14-10-17)25(30(2,27)28)15-16-7-11-18(23)12-8-16/h3-14H,15H2,1-2H3,(H,24,26). The van der Waals surface area contributed by atoms with Gasteiger partial charge in [0.25, 0.3) is 5.91 Å². The molecule has 1 N–H and O–H groups in total. The first-order chi connectivity index (χ1) is 14.3. The first-order valence-corrected chi connectivity index (χ1v) is 12.1. The van der Waals surface area contributed by atoms with Crippen LogP contribution >= 0.6 is 11.8 Å². The molecule has 0 fully saturated rings. The number of benzene rings is 3. The number of sulfonamides is 1.